The molecule has 6 nitrogen and oxygen atoms in total. The second-order valence-corrected chi connectivity index (χ2v) is 9.11. The maximum Gasteiger partial charge on any atom is 0.255 e. The third-order valence-corrected chi connectivity index (χ3v) is 6.85. The molecule has 7 heteroatoms. The Morgan fingerprint density at radius 3 is 2.47 bits per heavy atom. The van der Waals surface area contributed by atoms with Crippen LogP contribution < -0.4 is 10.2 Å². The summed E-state index contributed by atoms with van der Waals surface area (Å²) in [6, 6.07) is 24.6. The van der Waals surface area contributed by atoms with Crippen molar-refractivity contribution in [3.8, 4) is 6.07 Å². The van der Waals surface area contributed by atoms with Crippen molar-refractivity contribution in [3.63, 3.8) is 0 Å². The summed E-state index contributed by atoms with van der Waals surface area (Å²) >= 11 is 1.34. The molecular formula is C27H26N4O2S. The lowest BCUT2D eigenvalue weighted by molar-refractivity contribution is -0.113. The van der Waals surface area contributed by atoms with E-state index in [0.29, 0.717) is 29.9 Å². The monoisotopic (exact) mass is 470 g/mol. The Morgan fingerprint density at radius 1 is 0.971 bits per heavy atom. The van der Waals surface area contributed by atoms with Crippen LogP contribution in [0, 0.1) is 18.3 Å². The van der Waals surface area contributed by atoms with Gasteiger partial charge in [0.25, 0.3) is 5.91 Å². The Bertz CT molecular complexity index is 1230. The Hall–Kier alpha value is -3.76. The number of carbonyl (C=O) groups is 2. The topological polar surface area (TPSA) is 76.4 Å². The fraction of sp³-hybridized carbons (Fsp3) is 0.222. The summed E-state index contributed by atoms with van der Waals surface area (Å²) in [6.45, 7) is 4.99. The highest BCUT2D eigenvalue weighted by atomic mass is 32.2. The van der Waals surface area contributed by atoms with Crippen molar-refractivity contribution < 1.29 is 9.59 Å². The van der Waals surface area contributed by atoms with Crippen molar-refractivity contribution in [2.24, 2.45) is 0 Å². The van der Waals surface area contributed by atoms with Gasteiger partial charge in [-0.25, -0.2) is 0 Å². The predicted octanol–water partition coefficient (Wildman–Crippen LogP) is 4.56. The second kappa shape index (κ2) is 10.9. The zero-order chi connectivity index (χ0) is 23.9. The van der Waals surface area contributed by atoms with Gasteiger partial charge in [0.2, 0.25) is 5.91 Å². The Morgan fingerprint density at radius 2 is 1.71 bits per heavy atom. The minimum Gasteiger partial charge on any atom is -0.368 e. The third kappa shape index (κ3) is 5.59. The zero-order valence-electron chi connectivity index (χ0n) is 19.0. The molecule has 0 atom stereocenters. The standard InChI is InChI=1S/C27H26N4O2S/c1-20-7-2-4-11-24(20)30-13-15-31(16-14-30)27(33)23-10-3-5-12-25(23)34-19-26(32)29-22-9-6-8-21(17-22)18-28/h2-12,17H,13-16,19H2,1H3,(H,29,32). The molecule has 0 unspecified atom stereocenters. The van der Waals surface area contributed by atoms with E-state index in [1.807, 2.05) is 41.3 Å². The van der Waals surface area contributed by atoms with Gasteiger partial charge in [0, 0.05) is 42.4 Å². The highest BCUT2D eigenvalue weighted by Gasteiger charge is 2.24. The van der Waals surface area contributed by atoms with Crippen LogP contribution in [0.25, 0.3) is 0 Å². The molecule has 0 saturated carbocycles. The molecule has 0 aliphatic carbocycles. The smallest absolute Gasteiger partial charge is 0.255 e. The van der Waals surface area contributed by atoms with E-state index in [0.717, 1.165) is 18.0 Å². The number of nitriles is 1. The van der Waals surface area contributed by atoms with Gasteiger partial charge in [-0.15, -0.1) is 11.8 Å². The van der Waals surface area contributed by atoms with Crippen molar-refractivity contribution in [2.75, 3.05) is 42.1 Å². The minimum absolute atomic E-state index is 0.00494. The van der Waals surface area contributed by atoms with Gasteiger partial charge < -0.3 is 15.1 Å². The number of aryl methyl sites for hydroxylation is 1. The molecule has 172 valence electrons. The molecule has 1 N–H and O–H groups in total. The van der Waals surface area contributed by atoms with Crippen LogP contribution >= 0.6 is 11.8 Å². The van der Waals surface area contributed by atoms with Gasteiger partial charge in [0.15, 0.2) is 0 Å². The summed E-state index contributed by atoms with van der Waals surface area (Å²) in [5.41, 5.74) is 4.15. The maximum absolute atomic E-state index is 13.3. The molecule has 0 bridgehead atoms. The molecule has 4 rings (SSSR count). The molecule has 0 radical (unpaired) electrons. The summed E-state index contributed by atoms with van der Waals surface area (Å²) < 4.78 is 0. The summed E-state index contributed by atoms with van der Waals surface area (Å²) in [6.07, 6.45) is 0. The van der Waals surface area contributed by atoms with E-state index in [4.69, 9.17) is 5.26 Å². The molecular weight excluding hydrogens is 444 g/mol. The van der Waals surface area contributed by atoms with Gasteiger partial charge in [-0.2, -0.15) is 5.26 Å². The molecule has 34 heavy (non-hydrogen) atoms. The van der Waals surface area contributed by atoms with Crippen molar-refractivity contribution in [2.45, 2.75) is 11.8 Å². The quantitative estimate of drug-likeness (QED) is 0.535. The lowest BCUT2D eigenvalue weighted by Gasteiger charge is -2.37. The number of rotatable bonds is 6. The fourth-order valence-electron chi connectivity index (χ4n) is 4.02. The first kappa shape index (κ1) is 23.4. The van der Waals surface area contributed by atoms with Crippen LogP contribution in [0.5, 0.6) is 0 Å². The number of thioether (sulfide) groups is 1. The number of nitrogens with zero attached hydrogens (tertiary/aromatic N) is 3. The van der Waals surface area contributed by atoms with E-state index in [-0.39, 0.29) is 17.6 Å². The molecule has 1 heterocycles. The third-order valence-electron chi connectivity index (χ3n) is 5.77. The molecule has 1 fully saturated rings. The average Bonchev–Trinajstić information content (AvgIpc) is 2.88. The average molecular weight is 471 g/mol. The van der Waals surface area contributed by atoms with Gasteiger partial charge in [-0.05, 0) is 48.9 Å². The molecule has 0 spiro atoms. The van der Waals surface area contributed by atoms with Crippen LogP contribution in [0.4, 0.5) is 11.4 Å². The molecule has 0 aromatic heterocycles. The lowest BCUT2D eigenvalue weighted by Crippen LogP contribution is -2.49. The van der Waals surface area contributed by atoms with Crippen molar-refractivity contribution in [3.05, 3.63) is 89.5 Å². The Kier molecular flexibility index (Phi) is 7.51. The first-order chi connectivity index (χ1) is 16.5. The van der Waals surface area contributed by atoms with Crippen LogP contribution in [-0.2, 0) is 4.79 Å². The van der Waals surface area contributed by atoms with Crippen LogP contribution in [-0.4, -0.2) is 48.6 Å². The Labute approximate surface area is 204 Å². The number of benzene rings is 3. The maximum atomic E-state index is 13.3. The van der Waals surface area contributed by atoms with E-state index >= 15 is 0 Å². The van der Waals surface area contributed by atoms with E-state index in [9.17, 15) is 9.59 Å². The number of anilines is 2. The first-order valence-electron chi connectivity index (χ1n) is 11.2. The van der Waals surface area contributed by atoms with Crippen molar-refractivity contribution in [1.82, 2.24) is 4.90 Å². The van der Waals surface area contributed by atoms with Gasteiger partial charge in [-0.1, -0.05) is 36.4 Å². The Balaban J connectivity index is 1.36. The molecule has 3 aromatic carbocycles. The highest BCUT2D eigenvalue weighted by Crippen LogP contribution is 2.26. The van der Waals surface area contributed by atoms with Gasteiger partial charge in [0.1, 0.15) is 0 Å². The number of carbonyl (C=O) groups excluding carboxylic acids is 2. The largest absolute Gasteiger partial charge is 0.368 e. The van der Waals surface area contributed by atoms with Gasteiger partial charge >= 0.3 is 0 Å². The van der Waals surface area contributed by atoms with E-state index in [1.165, 1.54) is 23.0 Å². The van der Waals surface area contributed by atoms with Crippen molar-refractivity contribution >= 4 is 35.0 Å². The molecule has 1 aliphatic heterocycles. The molecule has 1 saturated heterocycles. The van der Waals surface area contributed by atoms with E-state index in [1.54, 1.807) is 24.3 Å². The highest BCUT2D eigenvalue weighted by molar-refractivity contribution is 8.00. The SMILES string of the molecule is Cc1ccccc1N1CCN(C(=O)c2ccccc2SCC(=O)Nc2cccc(C#N)c2)CC1. The summed E-state index contributed by atoms with van der Waals surface area (Å²) in [5, 5.41) is 11.8. The molecule has 2 amide bonds. The molecule has 1 aliphatic rings. The number of hydrogen-bond donors (Lipinski definition) is 1. The second-order valence-electron chi connectivity index (χ2n) is 8.09. The van der Waals surface area contributed by atoms with Crippen molar-refractivity contribution in [1.29, 1.82) is 5.26 Å². The number of nitrogens with one attached hydrogen (secondary N) is 1. The van der Waals surface area contributed by atoms with E-state index in [2.05, 4.69) is 35.3 Å². The predicted molar refractivity (Wildman–Crippen MR) is 136 cm³/mol. The zero-order valence-corrected chi connectivity index (χ0v) is 19.8. The minimum atomic E-state index is -0.186. The van der Waals surface area contributed by atoms with Crippen LogP contribution in [0.15, 0.2) is 77.7 Å². The van der Waals surface area contributed by atoms with E-state index < -0.39 is 0 Å². The first-order valence-corrected chi connectivity index (χ1v) is 12.2. The number of hydrogen-bond acceptors (Lipinski definition) is 5. The summed E-state index contributed by atoms with van der Waals surface area (Å²) in [4.78, 5) is 30.8. The van der Waals surface area contributed by atoms with Crippen LogP contribution in [0.3, 0.4) is 0 Å². The van der Waals surface area contributed by atoms with Crippen LogP contribution in [0.2, 0.25) is 0 Å². The fourth-order valence-corrected chi connectivity index (χ4v) is 4.86. The summed E-state index contributed by atoms with van der Waals surface area (Å²) in [5.74, 6) is -0.0221. The van der Waals surface area contributed by atoms with Crippen LogP contribution in [0.1, 0.15) is 21.5 Å². The molecule has 3 aromatic rings. The number of para-hydroxylation sites is 1. The lowest BCUT2D eigenvalue weighted by atomic mass is 10.1. The number of amides is 2. The summed E-state index contributed by atoms with van der Waals surface area (Å²) in [7, 11) is 0. The normalized spacial score (nSPS) is 13.3. The van der Waals surface area contributed by atoms with Gasteiger partial charge in [0.05, 0.1) is 22.9 Å². The number of piperazine rings is 1. The van der Waals surface area contributed by atoms with Gasteiger partial charge in [-0.3, -0.25) is 9.59 Å².